The lowest BCUT2D eigenvalue weighted by Crippen LogP contribution is -2.53. The van der Waals surface area contributed by atoms with Crippen molar-refractivity contribution in [2.24, 2.45) is 0 Å². The van der Waals surface area contributed by atoms with Crippen LogP contribution in [0.25, 0.3) is 0 Å². The lowest BCUT2D eigenvalue weighted by Gasteiger charge is -2.35. The van der Waals surface area contributed by atoms with Crippen molar-refractivity contribution in [1.29, 1.82) is 0 Å². The van der Waals surface area contributed by atoms with Crippen LogP contribution in [-0.2, 0) is 14.8 Å². The maximum absolute atomic E-state index is 12.3. The molecule has 0 unspecified atom stereocenters. The third-order valence-electron chi connectivity index (χ3n) is 3.05. The maximum Gasteiger partial charge on any atom is 0.242 e. The average Bonchev–Trinajstić information content (AvgIpc) is 2.39. The van der Waals surface area contributed by atoms with Gasteiger partial charge < -0.3 is 4.74 Å². The molecule has 1 aromatic heterocycles. The van der Waals surface area contributed by atoms with Gasteiger partial charge in [0.25, 0.3) is 0 Å². The second-order valence-electron chi connectivity index (χ2n) is 4.47. The highest BCUT2D eigenvalue weighted by atomic mass is 79.9. The molecule has 0 aliphatic carbocycles. The summed E-state index contributed by atoms with van der Waals surface area (Å²) in [6, 6.07) is 1.51. The molecule has 0 spiro atoms. The van der Waals surface area contributed by atoms with E-state index in [1.165, 1.54) is 18.5 Å². The molecule has 0 radical (unpaired) electrons. The van der Waals surface area contributed by atoms with Gasteiger partial charge >= 0.3 is 0 Å². The van der Waals surface area contributed by atoms with E-state index in [0.29, 0.717) is 30.5 Å². The van der Waals surface area contributed by atoms with Crippen molar-refractivity contribution >= 4 is 37.6 Å². The van der Waals surface area contributed by atoms with Crippen molar-refractivity contribution in [3.8, 4) is 0 Å². The third kappa shape index (κ3) is 3.66. The minimum absolute atomic E-state index is 0.123. The largest absolute Gasteiger partial charge is 0.381 e. The van der Waals surface area contributed by atoms with Crippen molar-refractivity contribution < 1.29 is 13.2 Å². The molecule has 1 N–H and O–H groups in total. The van der Waals surface area contributed by atoms with Crippen LogP contribution in [-0.4, -0.2) is 38.0 Å². The van der Waals surface area contributed by atoms with Crippen LogP contribution in [0.2, 0.25) is 0 Å². The van der Waals surface area contributed by atoms with Crippen LogP contribution in [0.1, 0.15) is 12.8 Å². The molecule has 0 amide bonds. The van der Waals surface area contributed by atoms with Crippen LogP contribution in [0.3, 0.4) is 0 Å². The first-order chi connectivity index (χ1) is 8.97. The Labute approximate surface area is 125 Å². The zero-order chi connectivity index (χ0) is 13.9. The van der Waals surface area contributed by atoms with Gasteiger partial charge in [0.15, 0.2) is 0 Å². The molecule has 5 nitrogen and oxygen atoms in total. The van der Waals surface area contributed by atoms with Crippen molar-refractivity contribution in [3.05, 3.63) is 22.9 Å². The number of alkyl halides is 1. The summed E-state index contributed by atoms with van der Waals surface area (Å²) in [5, 5.41) is 0. The van der Waals surface area contributed by atoms with Crippen LogP contribution in [0.4, 0.5) is 0 Å². The molecular formula is C11H14BrClN2O3S. The van der Waals surface area contributed by atoms with Gasteiger partial charge in [0.1, 0.15) is 4.90 Å². The monoisotopic (exact) mass is 368 g/mol. The van der Waals surface area contributed by atoms with Crippen LogP contribution in [0.15, 0.2) is 27.8 Å². The van der Waals surface area contributed by atoms with Gasteiger partial charge in [-0.1, -0.05) is 0 Å². The number of hydrogen-bond donors (Lipinski definition) is 1. The molecule has 1 aromatic rings. The number of halogens is 2. The van der Waals surface area contributed by atoms with Crippen LogP contribution in [0, 0.1) is 0 Å². The minimum Gasteiger partial charge on any atom is -0.381 e. The van der Waals surface area contributed by atoms with Gasteiger partial charge in [-0.3, -0.25) is 4.98 Å². The standard InChI is InChI=1S/C11H14BrClN2O3S/c12-9-5-10(7-14-6-9)19(16,17)15-11(8-13)1-3-18-4-2-11/h5-7,15H,1-4,8H2. The minimum atomic E-state index is -3.64. The number of ether oxygens (including phenoxy) is 1. The quantitative estimate of drug-likeness (QED) is 0.823. The highest BCUT2D eigenvalue weighted by molar-refractivity contribution is 9.10. The van der Waals surface area contributed by atoms with E-state index in [-0.39, 0.29) is 10.8 Å². The molecule has 1 fully saturated rings. The molecule has 8 heteroatoms. The van der Waals surface area contributed by atoms with E-state index in [9.17, 15) is 8.42 Å². The van der Waals surface area contributed by atoms with Gasteiger partial charge in [0.2, 0.25) is 10.0 Å². The molecule has 2 heterocycles. The van der Waals surface area contributed by atoms with E-state index in [1.807, 2.05) is 0 Å². The fraction of sp³-hybridized carbons (Fsp3) is 0.545. The number of hydrogen-bond acceptors (Lipinski definition) is 4. The number of nitrogens with one attached hydrogen (secondary N) is 1. The van der Waals surface area contributed by atoms with E-state index in [2.05, 4.69) is 25.6 Å². The predicted octanol–water partition coefficient (Wildman–Crippen LogP) is 1.91. The summed E-state index contributed by atoms with van der Waals surface area (Å²) < 4.78 is 33.3. The van der Waals surface area contributed by atoms with E-state index < -0.39 is 15.6 Å². The molecule has 1 aliphatic heterocycles. The van der Waals surface area contributed by atoms with Gasteiger partial charge in [-0.15, -0.1) is 11.6 Å². The van der Waals surface area contributed by atoms with Crippen LogP contribution >= 0.6 is 27.5 Å². The molecule has 0 saturated carbocycles. The van der Waals surface area contributed by atoms with E-state index in [4.69, 9.17) is 16.3 Å². The first kappa shape index (κ1) is 15.2. The predicted molar refractivity (Wildman–Crippen MR) is 75.8 cm³/mol. The Kier molecular flexibility index (Phi) is 4.84. The van der Waals surface area contributed by atoms with Crippen molar-refractivity contribution in [3.63, 3.8) is 0 Å². The van der Waals surface area contributed by atoms with Crippen molar-refractivity contribution in [1.82, 2.24) is 9.71 Å². The lowest BCUT2D eigenvalue weighted by molar-refractivity contribution is 0.0549. The fourth-order valence-corrected chi connectivity index (χ4v) is 4.28. The van der Waals surface area contributed by atoms with Gasteiger partial charge in [0.05, 0.1) is 5.54 Å². The summed E-state index contributed by atoms with van der Waals surface area (Å²) in [7, 11) is -3.64. The normalized spacial score (nSPS) is 19.3. The van der Waals surface area contributed by atoms with Crippen LogP contribution in [0.5, 0.6) is 0 Å². The maximum atomic E-state index is 12.3. The van der Waals surface area contributed by atoms with E-state index >= 15 is 0 Å². The number of sulfonamides is 1. The Morgan fingerprint density at radius 1 is 1.42 bits per heavy atom. The smallest absolute Gasteiger partial charge is 0.242 e. The Bertz CT molecular complexity index is 547. The molecule has 19 heavy (non-hydrogen) atoms. The summed E-state index contributed by atoms with van der Waals surface area (Å²) in [6.45, 7) is 1.01. The topological polar surface area (TPSA) is 68.3 Å². The fourth-order valence-electron chi connectivity index (χ4n) is 1.91. The Morgan fingerprint density at radius 3 is 2.68 bits per heavy atom. The number of nitrogens with zero attached hydrogens (tertiary/aromatic N) is 1. The number of aromatic nitrogens is 1. The molecule has 106 valence electrons. The van der Waals surface area contributed by atoms with Gasteiger partial charge in [-0.25, -0.2) is 13.1 Å². The van der Waals surface area contributed by atoms with Gasteiger partial charge in [-0.2, -0.15) is 0 Å². The molecule has 2 rings (SSSR count). The Balaban J connectivity index is 2.25. The first-order valence-electron chi connectivity index (χ1n) is 5.76. The number of pyridine rings is 1. The summed E-state index contributed by atoms with van der Waals surface area (Å²) in [6.07, 6.45) is 3.98. The molecule has 1 aliphatic rings. The average molecular weight is 370 g/mol. The summed E-state index contributed by atoms with van der Waals surface area (Å²) in [4.78, 5) is 3.99. The molecule has 1 saturated heterocycles. The molecular weight excluding hydrogens is 356 g/mol. The molecule has 0 atom stereocenters. The second-order valence-corrected chi connectivity index (χ2v) is 7.34. The summed E-state index contributed by atoms with van der Waals surface area (Å²) in [5.74, 6) is 0.219. The summed E-state index contributed by atoms with van der Waals surface area (Å²) in [5.41, 5.74) is -0.638. The Hall–Kier alpha value is -0.210. The van der Waals surface area contributed by atoms with Crippen molar-refractivity contribution in [2.45, 2.75) is 23.3 Å². The van der Waals surface area contributed by atoms with E-state index in [0.717, 1.165) is 0 Å². The van der Waals surface area contributed by atoms with Crippen LogP contribution < -0.4 is 4.72 Å². The number of rotatable bonds is 4. The lowest BCUT2D eigenvalue weighted by atomic mass is 9.94. The van der Waals surface area contributed by atoms with Gasteiger partial charge in [-0.05, 0) is 34.8 Å². The highest BCUT2D eigenvalue weighted by Gasteiger charge is 2.36. The SMILES string of the molecule is O=S(=O)(NC1(CCl)CCOCC1)c1cncc(Br)c1. The third-order valence-corrected chi connectivity index (χ3v) is 5.54. The zero-order valence-electron chi connectivity index (χ0n) is 10.1. The summed E-state index contributed by atoms with van der Waals surface area (Å²) >= 11 is 9.16. The van der Waals surface area contributed by atoms with Crippen molar-refractivity contribution in [2.75, 3.05) is 19.1 Å². The van der Waals surface area contributed by atoms with E-state index in [1.54, 1.807) is 0 Å². The zero-order valence-corrected chi connectivity index (χ0v) is 13.3. The highest BCUT2D eigenvalue weighted by Crippen LogP contribution is 2.25. The Morgan fingerprint density at radius 2 is 2.11 bits per heavy atom. The molecule has 0 aromatic carbocycles. The van der Waals surface area contributed by atoms with Gasteiger partial charge in [0, 0.05) is 36.0 Å². The first-order valence-corrected chi connectivity index (χ1v) is 8.57. The second kappa shape index (κ2) is 6.05. The molecule has 0 bridgehead atoms.